The van der Waals surface area contributed by atoms with E-state index in [1.165, 1.54) is 4.57 Å². The van der Waals surface area contributed by atoms with E-state index in [2.05, 4.69) is 10.1 Å². The maximum atomic E-state index is 14.2. The number of H-pyrrole nitrogens is 1. The molecular formula is C13H11ClF2N4S. The highest BCUT2D eigenvalue weighted by molar-refractivity contribution is 7.71. The number of imidazole rings is 1. The number of nitrogens with one attached hydrogen (secondary N) is 1. The lowest BCUT2D eigenvalue weighted by atomic mass is 10.3. The Hall–Kier alpha value is -1.73. The van der Waals surface area contributed by atoms with Gasteiger partial charge in [-0.3, -0.25) is 4.57 Å². The van der Waals surface area contributed by atoms with Crippen LogP contribution in [0.1, 0.15) is 12.6 Å². The van der Waals surface area contributed by atoms with Crippen LogP contribution in [0.3, 0.4) is 0 Å². The van der Waals surface area contributed by atoms with Gasteiger partial charge in [0.05, 0.1) is 10.7 Å². The first-order chi connectivity index (χ1) is 9.93. The van der Waals surface area contributed by atoms with E-state index in [9.17, 15) is 8.78 Å². The number of rotatable bonds is 2. The molecule has 0 aliphatic carbocycles. The van der Waals surface area contributed by atoms with E-state index in [-0.39, 0.29) is 15.5 Å². The molecular weight excluding hydrogens is 318 g/mol. The number of benzene rings is 1. The molecule has 3 rings (SSSR count). The van der Waals surface area contributed by atoms with Gasteiger partial charge in [0.1, 0.15) is 17.0 Å². The van der Waals surface area contributed by atoms with Gasteiger partial charge >= 0.3 is 0 Å². The molecule has 0 saturated carbocycles. The Bertz CT molecular complexity index is 886. The fraction of sp³-hybridized carbons (Fsp3) is 0.231. The van der Waals surface area contributed by atoms with Crippen LogP contribution >= 0.6 is 23.8 Å². The van der Waals surface area contributed by atoms with Gasteiger partial charge in [0.15, 0.2) is 16.2 Å². The summed E-state index contributed by atoms with van der Waals surface area (Å²) in [5, 5.41) is 4.30. The number of halogens is 3. The lowest BCUT2D eigenvalue weighted by Gasteiger charge is -2.09. The molecule has 4 nitrogen and oxygen atoms in total. The molecule has 3 aromatic rings. The van der Waals surface area contributed by atoms with Gasteiger partial charge in [0.2, 0.25) is 0 Å². The van der Waals surface area contributed by atoms with Gasteiger partial charge in [0.25, 0.3) is 0 Å². The second-order valence-electron chi connectivity index (χ2n) is 4.58. The first kappa shape index (κ1) is 14.2. The van der Waals surface area contributed by atoms with Gasteiger partial charge in [-0.15, -0.1) is 0 Å². The second-order valence-corrected chi connectivity index (χ2v) is 5.38. The SMILES string of the molecule is CCn1nc(C)c2[nH]c(=S)n(-c3c(F)cc(F)cc3Cl)c21. The van der Waals surface area contributed by atoms with Crippen LogP contribution < -0.4 is 0 Å². The molecule has 0 spiro atoms. The smallest absolute Gasteiger partial charge is 0.184 e. The summed E-state index contributed by atoms with van der Waals surface area (Å²) in [6, 6.07) is 1.83. The molecule has 0 saturated heterocycles. The van der Waals surface area contributed by atoms with Crippen LogP contribution in [0.4, 0.5) is 8.78 Å². The molecule has 0 unspecified atom stereocenters. The van der Waals surface area contributed by atoms with Crippen LogP contribution in [0.25, 0.3) is 16.9 Å². The van der Waals surface area contributed by atoms with Crippen molar-refractivity contribution in [2.45, 2.75) is 20.4 Å². The minimum Gasteiger partial charge on any atom is -0.327 e. The third-order valence-electron chi connectivity index (χ3n) is 3.25. The Labute approximate surface area is 129 Å². The summed E-state index contributed by atoms with van der Waals surface area (Å²) in [6.45, 7) is 4.32. The first-order valence-electron chi connectivity index (χ1n) is 6.27. The van der Waals surface area contributed by atoms with Gasteiger partial charge < -0.3 is 4.98 Å². The molecule has 0 bridgehead atoms. The van der Waals surface area contributed by atoms with E-state index in [0.29, 0.717) is 17.7 Å². The zero-order chi connectivity index (χ0) is 15.3. The normalized spacial score (nSPS) is 11.5. The van der Waals surface area contributed by atoms with E-state index >= 15 is 0 Å². The highest BCUT2D eigenvalue weighted by atomic mass is 35.5. The number of fused-ring (bicyclic) bond motifs is 1. The zero-order valence-corrected chi connectivity index (χ0v) is 12.8. The van der Waals surface area contributed by atoms with Crippen LogP contribution in [0, 0.1) is 23.3 Å². The van der Waals surface area contributed by atoms with Crippen molar-refractivity contribution in [3.05, 3.63) is 39.3 Å². The van der Waals surface area contributed by atoms with Gasteiger partial charge in [-0.2, -0.15) is 5.10 Å². The summed E-state index contributed by atoms with van der Waals surface area (Å²) in [7, 11) is 0. The number of aromatic nitrogens is 4. The number of nitrogens with zero attached hydrogens (tertiary/aromatic N) is 3. The molecule has 0 aliphatic rings. The summed E-state index contributed by atoms with van der Waals surface area (Å²) in [6.07, 6.45) is 0. The Kier molecular flexibility index (Phi) is 3.33. The Balaban J connectivity index is 2.46. The molecule has 0 aliphatic heterocycles. The van der Waals surface area contributed by atoms with Crippen LogP contribution in [0.2, 0.25) is 5.02 Å². The molecule has 0 atom stereocenters. The second kappa shape index (κ2) is 4.92. The monoisotopic (exact) mass is 328 g/mol. The standard InChI is InChI=1S/C13H11ClF2N4S/c1-3-19-12-10(6(2)18-19)17-13(21)20(12)11-8(14)4-7(15)5-9(11)16/h4-5H,3H2,1-2H3,(H,17,21). The van der Waals surface area contributed by atoms with E-state index < -0.39 is 11.6 Å². The molecule has 21 heavy (non-hydrogen) atoms. The van der Waals surface area contributed by atoms with E-state index in [1.807, 2.05) is 13.8 Å². The Morgan fingerprint density at radius 2 is 2.10 bits per heavy atom. The summed E-state index contributed by atoms with van der Waals surface area (Å²) >= 11 is 11.3. The quantitative estimate of drug-likeness (QED) is 0.718. The van der Waals surface area contributed by atoms with Crippen LogP contribution in [-0.4, -0.2) is 19.3 Å². The number of hydrogen-bond acceptors (Lipinski definition) is 2. The van der Waals surface area contributed by atoms with Gasteiger partial charge in [-0.05, 0) is 32.1 Å². The van der Waals surface area contributed by atoms with Crippen molar-refractivity contribution in [1.82, 2.24) is 19.3 Å². The molecule has 1 N–H and O–H groups in total. The zero-order valence-electron chi connectivity index (χ0n) is 11.2. The molecule has 2 heterocycles. The maximum absolute atomic E-state index is 14.2. The van der Waals surface area contributed by atoms with Crippen LogP contribution in [0.5, 0.6) is 0 Å². The largest absolute Gasteiger partial charge is 0.327 e. The minimum absolute atomic E-state index is 0.0175. The Morgan fingerprint density at radius 1 is 1.38 bits per heavy atom. The summed E-state index contributed by atoms with van der Waals surface area (Å²) < 4.78 is 30.8. The topological polar surface area (TPSA) is 38.5 Å². The summed E-state index contributed by atoms with van der Waals surface area (Å²) in [4.78, 5) is 2.99. The molecule has 0 amide bonds. The third kappa shape index (κ3) is 2.08. The third-order valence-corrected chi connectivity index (χ3v) is 3.82. The lowest BCUT2D eigenvalue weighted by molar-refractivity contribution is 0.576. The average Bonchev–Trinajstić information content (AvgIpc) is 2.87. The molecule has 2 aromatic heterocycles. The molecule has 0 radical (unpaired) electrons. The number of aromatic amines is 1. The number of hydrogen-bond donors (Lipinski definition) is 1. The average molecular weight is 329 g/mol. The molecule has 0 fully saturated rings. The van der Waals surface area contributed by atoms with Crippen molar-refractivity contribution in [2.75, 3.05) is 0 Å². The van der Waals surface area contributed by atoms with Gasteiger partial charge in [-0.25, -0.2) is 13.5 Å². The van der Waals surface area contributed by atoms with Crippen LogP contribution in [0.15, 0.2) is 12.1 Å². The van der Waals surface area contributed by atoms with Crippen molar-refractivity contribution in [2.24, 2.45) is 0 Å². The van der Waals surface area contributed by atoms with E-state index in [0.717, 1.165) is 17.8 Å². The predicted molar refractivity (Wildman–Crippen MR) is 79.6 cm³/mol. The highest BCUT2D eigenvalue weighted by Crippen LogP contribution is 2.29. The van der Waals surface area contributed by atoms with Crippen LogP contribution in [-0.2, 0) is 6.54 Å². The van der Waals surface area contributed by atoms with E-state index in [1.54, 1.807) is 4.68 Å². The van der Waals surface area contributed by atoms with Gasteiger partial charge in [0, 0.05) is 12.6 Å². The van der Waals surface area contributed by atoms with Crippen molar-refractivity contribution in [3.8, 4) is 5.69 Å². The van der Waals surface area contributed by atoms with E-state index in [4.69, 9.17) is 23.8 Å². The Morgan fingerprint density at radius 3 is 2.71 bits per heavy atom. The highest BCUT2D eigenvalue weighted by Gasteiger charge is 2.20. The first-order valence-corrected chi connectivity index (χ1v) is 7.05. The molecule has 110 valence electrons. The predicted octanol–water partition coefficient (Wildman–Crippen LogP) is 4.14. The van der Waals surface area contributed by atoms with Crippen molar-refractivity contribution >= 4 is 35.0 Å². The number of aryl methyl sites for hydroxylation is 2. The van der Waals surface area contributed by atoms with Gasteiger partial charge in [-0.1, -0.05) is 11.6 Å². The summed E-state index contributed by atoms with van der Waals surface area (Å²) in [5.41, 5.74) is 2.08. The van der Waals surface area contributed by atoms with Crippen molar-refractivity contribution < 1.29 is 8.78 Å². The molecule has 8 heteroatoms. The fourth-order valence-corrected chi connectivity index (χ4v) is 2.94. The summed E-state index contributed by atoms with van der Waals surface area (Å²) in [5.74, 6) is -1.52. The lowest BCUT2D eigenvalue weighted by Crippen LogP contribution is -2.06. The fourth-order valence-electron chi connectivity index (χ4n) is 2.38. The molecule has 1 aromatic carbocycles. The van der Waals surface area contributed by atoms with Crippen molar-refractivity contribution in [1.29, 1.82) is 0 Å². The minimum atomic E-state index is -0.779. The maximum Gasteiger partial charge on any atom is 0.184 e. The van der Waals surface area contributed by atoms with Crippen molar-refractivity contribution in [3.63, 3.8) is 0 Å².